The summed E-state index contributed by atoms with van der Waals surface area (Å²) >= 11 is 0. The smallest absolute Gasteiger partial charge is 0.335 e. The lowest BCUT2D eigenvalue weighted by atomic mass is 10.0. The number of aliphatic hydroxyl groups is 2. The fraction of sp³-hybridized carbons (Fsp3) is 0.895. The highest BCUT2D eigenvalue weighted by molar-refractivity contribution is 5.87. The molecule has 0 aromatic heterocycles. The van der Waals surface area contributed by atoms with Crippen LogP contribution in [0.25, 0.3) is 0 Å². The molecule has 0 aliphatic heterocycles. The zero-order valence-corrected chi connectivity index (χ0v) is 15.7. The average molecular weight is 360 g/mol. The molecule has 0 saturated heterocycles. The number of carboxylic acid groups (broad SMARTS) is 1. The molecular formula is C19H37NO5. The van der Waals surface area contributed by atoms with Crippen LogP contribution in [0, 0.1) is 0 Å². The van der Waals surface area contributed by atoms with Crippen LogP contribution in [0.5, 0.6) is 0 Å². The van der Waals surface area contributed by atoms with Gasteiger partial charge in [-0.15, -0.1) is 0 Å². The zero-order valence-electron chi connectivity index (χ0n) is 15.7. The van der Waals surface area contributed by atoms with Crippen molar-refractivity contribution in [3.63, 3.8) is 0 Å². The fourth-order valence-electron chi connectivity index (χ4n) is 2.74. The van der Waals surface area contributed by atoms with E-state index in [4.69, 9.17) is 10.2 Å². The van der Waals surface area contributed by atoms with Crippen molar-refractivity contribution in [2.75, 3.05) is 6.54 Å². The topological polar surface area (TPSA) is 107 Å². The Bertz CT molecular complexity index is 349. The van der Waals surface area contributed by atoms with Crippen LogP contribution in [-0.2, 0) is 9.59 Å². The van der Waals surface area contributed by atoms with Crippen LogP contribution >= 0.6 is 0 Å². The molecule has 4 N–H and O–H groups in total. The highest BCUT2D eigenvalue weighted by Crippen LogP contribution is 2.12. The Morgan fingerprint density at radius 2 is 1.12 bits per heavy atom. The van der Waals surface area contributed by atoms with Gasteiger partial charge < -0.3 is 20.6 Å². The maximum atomic E-state index is 11.4. The molecule has 0 spiro atoms. The number of hydrogen-bond acceptors (Lipinski definition) is 4. The molecule has 0 bridgehead atoms. The Morgan fingerprint density at radius 1 is 0.720 bits per heavy atom. The molecule has 0 aromatic carbocycles. The third-order valence-corrected chi connectivity index (χ3v) is 4.40. The zero-order chi connectivity index (χ0) is 18.9. The third-order valence-electron chi connectivity index (χ3n) is 4.40. The van der Waals surface area contributed by atoms with Gasteiger partial charge >= 0.3 is 5.97 Å². The van der Waals surface area contributed by atoms with Crippen molar-refractivity contribution in [3.8, 4) is 0 Å². The molecule has 0 heterocycles. The maximum Gasteiger partial charge on any atom is 0.335 e. The largest absolute Gasteiger partial charge is 0.479 e. The van der Waals surface area contributed by atoms with Crippen LogP contribution in [0.15, 0.2) is 0 Å². The minimum atomic E-state index is -2.08. The SMILES string of the molecule is CCCCCCCCCCCCCCCNC(=O)C(O)C(O)C(=O)O. The van der Waals surface area contributed by atoms with Crippen molar-refractivity contribution in [1.29, 1.82) is 0 Å². The predicted molar refractivity (Wildman–Crippen MR) is 98.4 cm³/mol. The number of unbranched alkanes of at least 4 members (excludes halogenated alkanes) is 12. The van der Waals surface area contributed by atoms with E-state index >= 15 is 0 Å². The summed E-state index contributed by atoms with van der Waals surface area (Å²) in [6.45, 7) is 2.63. The highest BCUT2D eigenvalue weighted by Gasteiger charge is 2.29. The number of rotatable bonds is 17. The van der Waals surface area contributed by atoms with E-state index in [-0.39, 0.29) is 0 Å². The number of nitrogens with one attached hydrogen (secondary N) is 1. The quantitative estimate of drug-likeness (QED) is 0.299. The number of aliphatic hydroxyl groups excluding tert-OH is 2. The van der Waals surface area contributed by atoms with Gasteiger partial charge in [0.25, 0.3) is 5.91 Å². The van der Waals surface area contributed by atoms with E-state index in [0.717, 1.165) is 19.3 Å². The molecule has 25 heavy (non-hydrogen) atoms. The van der Waals surface area contributed by atoms with Crippen LogP contribution in [0.3, 0.4) is 0 Å². The molecule has 0 saturated carbocycles. The van der Waals surface area contributed by atoms with Gasteiger partial charge in [-0.25, -0.2) is 4.79 Å². The second kappa shape index (κ2) is 16.3. The summed E-state index contributed by atoms with van der Waals surface area (Å²) in [4.78, 5) is 21.9. The van der Waals surface area contributed by atoms with Crippen LogP contribution in [0.4, 0.5) is 0 Å². The van der Waals surface area contributed by atoms with Gasteiger partial charge in [-0.3, -0.25) is 4.79 Å². The standard InChI is InChI=1S/C19H37NO5/c1-2-3-4-5-6-7-8-9-10-11-12-13-14-15-20-18(23)16(21)17(22)19(24)25/h16-17,21-22H,2-15H2,1H3,(H,20,23)(H,24,25). The van der Waals surface area contributed by atoms with E-state index in [1.807, 2.05) is 0 Å². The second-order valence-electron chi connectivity index (χ2n) is 6.76. The first kappa shape index (κ1) is 23.9. The first-order valence-electron chi connectivity index (χ1n) is 9.87. The van der Waals surface area contributed by atoms with Gasteiger partial charge in [0.2, 0.25) is 0 Å². The van der Waals surface area contributed by atoms with Crippen molar-refractivity contribution in [2.24, 2.45) is 0 Å². The van der Waals surface area contributed by atoms with Crippen LogP contribution < -0.4 is 5.32 Å². The molecule has 6 heteroatoms. The van der Waals surface area contributed by atoms with E-state index in [9.17, 15) is 14.7 Å². The minimum Gasteiger partial charge on any atom is -0.479 e. The number of carboxylic acids is 1. The molecule has 0 radical (unpaired) electrons. The summed E-state index contributed by atoms with van der Waals surface area (Å²) in [6.07, 6.45) is 12.1. The summed E-state index contributed by atoms with van der Waals surface area (Å²) in [6, 6.07) is 0. The molecule has 2 atom stereocenters. The lowest BCUT2D eigenvalue weighted by molar-refractivity contribution is -0.158. The number of carbonyl (C=O) groups is 2. The average Bonchev–Trinajstić information content (AvgIpc) is 2.60. The summed E-state index contributed by atoms with van der Waals surface area (Å²) < 4.78 is 0. The van der Waals surface area contributed by atoms with Crippen molar-refractivity contribution in [2.45, 2.75) is 103 Å². The molecule has 0 aliphatic carbocycles. The molecule has 0 rings (SSSR count). The maximum absolute atomic E-state index is 11.4. The van der Waals surface area contributed by atoms with Gasteiger partial charge in [0.1, 0.15) is 0 Å². The second-order valence-corrected chi connectivity index (χ2v) is 6.76. The molecule has 0 fully saturated rings. The van der Waals surface area contributed by atoms with E-state index in [1.165, 1.54) is 64.2 Å². The Balaban J connectivity index is 3.33. The van der Waals surface area contributed by atoms with Crippen LogP contribution in [-0.4, -0.2) is 45.9 Å². The molecule has 2 unspecified atom stereocenters. The summed E-state index contributed by atoms with van der Waals surface area (Å²) in [5.74, 6) is -2.45. The van der Waals surface area contributed by atoms with Gasteiger partial charge in [0.05, 0.1) is 0 Å². The lowest BCUT2D eigenvalue weighted by Crippen LogP contribution is -2.45. The molecule has 6 nitrogen and oxygen atoms in total. The van der Waals surface area contributed by atoms with Gasteiger partial charge in [0.15, 0.2) is 12.2 Å². The van der Waals surface area contributed by atoms with E-state index < -0.39 is 24.1 Å². The first-order valence-corrected chi connectivity index (χ1v) is 9.87. The van der Waals surface area contributed by atoms with Crippen molar-refractivity contribution < 1.29 is 24.9 Å². The number of carbonyl (C=O) groups excluding carboxylic acids is 1. The highest BCUT2D eigenvalue weighted by atomic mass is 16.4. The molecule has 0 aromatic rings. The van der Waals surface area contributed by atoms with Crippen molar-refractivity contribution in [1.82, 2.24) is 5.32 Å². The van der Waals surface area contributed by atoms with E-state index in [1.54, 1.807) is 0 Å². The monoisotopic (exact) mass is 359 g/mol. The van der Waals surface area contributed by atoms with Gasteiger partial charge in [-0.05, 0) is 6.42 Å². The summed E-state index contributed by atoms with van der Waals surface area (Å²) in [5, 5.41) is 29.3. The van der Waals surface area contributed by atoms with Crippen molar-refractivity contribution >= 4 is 11.9 Å². The summed E-state index contributed by atoms with van der Waals surface area (Å²) in [7, 11) is 0. The van der Waals surface area contributed by atoms with Gasteiger partial charge in [-0.1, -0.05) is 84.0 Å². The Hall–Kier alpha value is -1.14. The number of hydrogen-bond donors (Lipinski definition) is 4. The minimum absolute atomic E-state index is 0.389. The third kappa shape index (κ3) is 13.8. The molecular weight excluding hydrogens is 322 g/mol. The molecule has 1 amide bonds. The molecule has 0 aliphatic rings. The van der Waals surface area contributed by atoms with Crippen molar-refractivity contribution in [3.05, 3.63) is 0 Å². The lowest BCUT2D eigenvalue weighted by Gasteiger charge is -2.13. The summed E-state index contributed by atoms with van der Waals surface area (Å²) in [5.41, 5.74) is 0. The number of aliphatic carboxylic acids is 1. The van der Waals surface area contributed by atoms with Crippen LogP contribution in [0.1, 0.15) is 90.4 Å². The molecule has 148 valence electrons. The Morgan fingerprint density at radius 3 is 1.52 bits per heavy atom. The van der Waals surface area contributed by atoms with E-state index in [0.29, 0.717) is 6.54 Å². The first-order chi connectivity index (χ1) is 12.0. The number of amides is 1. The van der Waals surface area contributed by atoms with Gasteiger partial charge in [-0.2, -0.15) is 0 Å². The Labute approximate surface area is 152 Å². The fourth-order valence-corrected chi connectivity index (χ4v) is 2.74. The van der Waals surface area contributed by atoms with Gasteiger partial charge in [0, 0.05) is 6.54 Å². The normalized spacial score (nSPS) is 13.4. The van der Waals surface area contributed by atoms with E-state index in [2.05, 4.69) is 12.2 Å². The Kier molecular flexibility index (Phi) is 15.6. The van der Waals surface area contributed by atoms with Crippen LogP contribution in [0.2, 0.25) is 0 Å². The predicted octanol–water partition coefficient (Wildman–Crippen LogP) is 3.00.